The molecule has 0 aliphatic heterocycles. The molecule has 3 unspecified atom stereocenters. The molecule has 3 rings (SSSR count). The van der Waals surface area contributed by atoms with E-state index in [1.54, 1.807) is 38.1 Å². The van der Waals surface area contributed by atoms with E-state index >= 15 is 0 Å². The summed E-state index contributed by atoms with van der Waals surface area (Å²) in [4.78, 5) is 67.3. The largest absolute Gasteiger partial charge is 0.497 e. The summed E-state index contributed by atoms with van der Waals surface area (Å²) in [6, 6.07) is 18.2. The summed E-state index contributed by atoms with van der Waals surface area (Å²) < 4.78 is 16.1. The molecular weight excluding hydrogens is 546 g/mol. The maximum Gasteiger partial charge on any atom is 0.357 e. The van der Waals surface area contributed by atoms with Crippen molar-refractivity contribution in [3.8, 4) is 5.75 Å². The SMILES string of the molecule is COc1cc(C(=O)C(C)CN(C)C)cc(C(OC(=O)c2ccccc2)(C(=O)O)C(OC(=O)c2ccccc2)C(=O)O)c1. The second kappa shape index (κ2) is 13.6. The number of carboxylic acids is 2. The number of carbonyl (C=O) groups is 5. The Hall–Kier alpha value is -5.03. The van der Waals surface area contributed by atoms with Crippen LogP contribution in [0.3, 0.4) is 0 Å². The first kappa shape index (κ1) is 31.5. The minimum atomic E-state index is -3.16. The van der Waals surface area contributed by atoms with Crippen molar-refractivity contribution < 1.29 is 48.4 Å². The zero-order valence-corrected chi connectivity index (χ0v) is 23.5. The van der Waals surface area contributed by atoms with E-state index in [1.165, 1.54) is 61.7 Å². The van der Waals surface area contributed by atoms with E-state index in [2.05, 4.69) is 0 Å². The predicted octanol–water partition coefficient (Wildman–Crippen LogP) is 3.52. The van der Waals surface area contributed by atoms with Crippen molar-refractivity contribution in [1.82, 2.24) is 4.90 Å². The lowest BCUT2D eigenvalue weighted by atomic mass is 9.84. The highest BCUT2D eigenvalue weighted by Gasteiger charge is 2.58. The number of aliphatic carboxylic acids is 2. The number of carbonyl (C=O) groups excluding carboxylic acids is 3. The summed E-state index contributed by atoms with van der Waals surface area (Å²) >= 11 is 0. The highest BCUT2D eigenvalue weighted by molar-refractivity contribution is 6.00. The highest BCUT2D eigenvalue weighted by Crippen LogP contribution is 2.37. The van der Waals surface area contributed by atoms with Crippen molar-refractivity contribution in [3.63, 3.8) is 0 Å². The van der Waals surface area contributed by atoms with Gasteiger partial charge in [0, 0.05) is 23.6 Å². The van der Waals surface area contributed by atoms with Crippen LogP contribution < -0.4 is 4.74 Å². The van der Waals surface area contributed by atoms with Crippen LogP contribution in [0.1, 0.15) is 43.6 Å². The molecule has 0 fully saturated rings. The molecule has 3 atom stereocenters. The zero-order valence-electron chi connectivity index (χ0n) is 23.5. The number of ether oxygens (including phenoxy) is 3. The van der Waals surface area contributed by atoms with E-state index in [9.17, 15) is 34.2 Å². The molecule has 0 aliphatic rings. The third kappa shape index (κ3) is 6.99. The molecule has 3 aromatic rings. The Kier molecular flexibility index (Phi) is 10.2. The van der Waals surface area contributed by atoms with Gasteiger partial charge in [-0.15, -0.1) is 0 Å². The monoisotopic (exact) mass is 577 g/mol. The second-order valence-corrected chi connectivity index (χ2v) is 9.76. The van der Waals surface area contributed by atoms with Crippen LogP contribution >= 0.6 is 0 Å². The van der Waals surface area contributed by atoms with Crippen molar-refractivity contribution in [2.45, 2.75) is 18.6 Å². The first-order valence-corrected chi connectivity index (χ1v) is 12.8. The fraction of sp³-hybridized carbons (Fsp3) is 0.258. The van der Waals surface area contributed by atoms with Gasteiger partial charge in [0.2, 0.25) is 0 Å². The van der Waals surface area contributed by atoms with Crippen LogP contribution in [0.15, 0.2) is 78.9 Å². The van der Waals surface area contributed by atoms with Gasteiger partial charge in [-0.2, -0.15) is 0 Å². The Morgan fingerprint density at radius 1 is 0.810 bits per heavy atom. The van der Waals surface area contributed by atoms with E-state index in [0.29, 0.717) is 6.54 Å². The number of rotatable bonds is 13. The third-order valence-corrected chi connectivity index (χ3v) is 6.35. The first-order valence-electron chi connectivity index (χ1n) is 12.8. The molecular formula is C31H31NO10. The Morgan fingerprint density at radius 3 is 1.83 bits per heavy atom. The summed E-state index contributed by atoms with van der Waals surface area (Å²) in [7, 11) is 4.81. The van der Waals surface area contributed by atoms with Crippen molar-refractivity contribution in [1.29, 1.82) is 0 Å². The summed E-state index contributed by atoms with van der Waals surface area (Å²) in [5, 5.41) is 20.9. The van der Waals surface area contributed by atoms with Gasteiger partial charge < -0.3 is 29.3 Å². The fourth-order valence-electron chi connectivity index (χ4n) is 4.37. The Morgan fingerprint density at radius 2 is 1.36 bits per heavy atom. The second-order valence-electron chi connectivity index (χ2n) is 9.76. The van der Waals surface area contributed by atoms with Gasteiger partial charge in [0.15, 0.2) is 5.78 Å². The van der Waals surface area contributed by atoms with Crippen LogP contribution in [0.4, 0.5) is 0 Å². The van der Waals surface area contributed by atoms with Gasteiger partial charge in [-0.25, -0.2) is 19.2 Å². The molecule has 2 N–H and O–H groups in total. The van der Waals surface area contributed by atoms with E-state index in [1.807, 2.05) is 0 Å². The minimum absolute atomic E-state index is 0.0205. The van der Waals surface area contributed by atoms with Gasteiger partial charge in [0.25, 0.3) is 11.7 Å². The van der Waals surface area contributed by atoms with Gasteiger partial charge in [0.05, 0.1) is 18.2 Å². The number of methoxy groups -OCH3 is 1. The Labute approximate surface area is 242 Å². The normalized spacial score (nSPS) is 13.7. The number of benzene rings is 3. The Bertz CT molecular complexity index is 1460. The standard InChI is InChI=1S/C31H31NO10/c1-19(18-32(2)3)25(33)22-15-23(17-24(16-22)40-4)31(30(38)39,42-29(37)21-13-9-6-10-14-21)26(27(34)35)41-28(36)20-11-7-5-8-12-20/h5-17,19,26H,18H2,1-4H3,(H,34,35)(H,38,39). The molecule has 0 saturated carbocycles. The number of hydrogen-bond acceptors (Lipinski definition) is 9. The van der Waals surface area contributed by atoms with Crippen LogP contribution in [-0.4, -0.2) is 78.6 Å². The fourth-order valence-corrected chi connectivity index (χ4v) is 4.37. The van der Waals surface area contributed by atoms with Gasteiger partial charge in [-0.3, -0.25) is 4.79 Å². The average Bonchev–Trinajstić information content (AvgIpc) is 2.98. The van der Waals surface area contributed by atoms with Gasteiger partial charge in [-0.1, -0.05) is 43.3 Å². The topological polar surface area (TPSA) is 157 Å². The molecule has 3 aromatic carbocycles. The predicted molar refractivity (Wildman–Crippen MR) is 149 cm³/mol. The van der Waals surface area contributed by atoms with Crippen molar-refractivity contribution in [3.05, 3.63) is 101 Å². The van der Waals surface area contributed by atoms with Gasteiger partial charge in [-0.05, 0) is 56.6 Å². The molecule has 0 heterocycles. The molecule has 0 spiro atoms. The summed E-state index contributed by atoms with van der Waals surface area (Å²) in [5.41, 5.74) is -3.82. The van der Waals surface area contributed by atoms with Gasteiger partial charge >= 0.3 is 23.9 Å². The lowest BCUT2D eigenvalue weighted by molar-refractivity contribution is -0.186. The molecule has 220 valence electrons. The molecule has 0 saturated heterocycles. The van der Waals surface area contributed by atoms with Crippen LogP contribution in [-0.2, 0) is 24.7 Å². The van der Waals surface area contributed by atoms with E-state index < -0.39 is 52.8 Å². The molecule has 11 nitrogen and oxygen atoms in total. The summed E-state index contributed by atoms with van der Waals surface area (Å²) in [5.74, 6) is -7.26. The smallest absolute Gasteiger partial charge is 0.357 e. The lowest BCUT2D eigenvalue weighted by Gasteiger charge is -2.34. The molecule has 0 aromatic heterocycles. The summed E-state index contributed by atoms with van der Waals surface area (Å²) in [6.07, 6.45) is -2.59. The number of hydrogen-bond donors (Lipinski definition) is 2. The molecule has 0 aliphatic carbocycles. The lowest BCUT2D eigenvalue weighted by Crippen LogP contribution is -2.55. The van der Waals surface area contributed by atoms with Crippen molar-refractivity contribution in [2.75, 3.05) is 27.7 Å². The van der Waals surface area contributed by atoms with Crippen LogP contribution in [0.25, 0.3) is 0 Å². The molecule has 0 bridgehead atoms. The number of esters is 2. The number of ketones is 1. The van der Waals surface area contributed by atoms with E-state index in [4.69, 9.17) is 14.2 Å². The number of Topliss-reactive ketones (excluding diaryl/α,β-unsaturated/α-hetero) is 1. The van der Waals surface area contributed by atoms with Gasteiger partial charge in [0.1, 0.15) is 5.75 Å². The molecule has 0 radical (unpaired) electrons. The summed E-state index contributed by atoms with van der Waals surface area (Å²) in [6.45, 7) is 2.02. The zero-order chi connectivity index (χ0) is 31.0. The third-order valence-electron chi connectivity index (χ3n) is 6.35. The Balaban J connectivity index is 2.28. The number of carboxylic acid groups (broad SMARTS) is 2. The van der Waals surface area contributed by atoms with Crippen LogP contribution in [0.2, 0.25) is 0 Å². The molecule has 0 amide bonds. The van der Waals surface area contributed by atoms with E-state index in [0.717, 1.165) is 12.1 Å². The van der Waals surface area contributed by atoms with Crippen molar-refractivity contribution >= 4 is 29.7 Å². The van der Waals surface area contributed by atoms with Crippen LogP contribution in [0, 0.1) is 5.92 Å². The van der Waals surface area contributed by atoms with Crippen LogP contribution in [0.5, 0.6) is 5.75 Å². The quantitative estimate of drug-likeness (QED) is 0.226. The van der Waals surface area contributed by atoms with E-state index in [-0.39, 0.29) is 22.4 Å². The minimum Gasteiger partial charge on any atom is -0.497 e. The number of nitrogens with zero attached hydrogens (tertiary/aromatic N) is 1. The molecule has 42 heavy (non-hydrogen) atoms. The first-order chi connectivity index (χ1) is 19.9. The highest BCUT2D eigenvalue weighted by atomic mass is 16.6. The maximum atomic E-state index is 13.4. The average molecular weight is 578 g/mol. The maximum absolute atomic E-state index is 13.4. The van der Waals surface area contributed by atoms with Crippen molar-refractivity contribution in [2.24, 2.45) is 5.92 Å². The molecule has 11 heteroatoms.